The first kappa shape index (κ1) is 23.4. The van der Waals surface area contributed by atoms with Crippen molar-refractivity contribution in [3.63, 3.8) is 0 Å². The number of hydrogen-bond acceptors (Lipinski definition) is 9. The second-order valence-electron chi connectivity index (χ2n) is 8.89. The van der Waals surface area contributed by atoms with Gasteiger partial charge in [0.05, 0.1) is 0 Å². The quantitative estimate of drug-likeness (QED) is 0.220. The van der Waals surface area contributed by atoms with Crippen LogP contribution >= 0.6 is 0 Å². The van der Waals surface area contributed by atoms with Gasteiger partial charge in [-0.15, -0.1) is 10.2 Å². The fourth-order valence-corrected chi connectivity index (χ4v) is 4.15. The monoisotopic (exact) mass is 487 g/mol. The van der Waals surface area contributed by atoms with Crippen LogP contribution in [0.15, 0.2) is 42.6 Å². The molecule has 36 heavy (non-hydrogen) atoms. The van der Waals surface area contributed by atoms with Crippen LogP contribution in [0.25, 0.3) is 33.6 Å². The minimum atomic E-state index is -0.719. The SMILES string of the molecule is CC(C)[C@H](N)C(=O)OCCOC(=O)c1[nH]nnc1-c1ccc2c(c1)Cc1cc(-c3c[nH]nn3)ccc1-2. The summed E-state index contributed by atoms with van der Waals surface area (Å²) in [7, 11) is 0. The van der Waals surface area contributed by atoms with E-state index in [-0.39, 0.29) is 24.8 Å². The third kappa shape index (κ3) is 4.48. The molecular formula is C25H25N7O4. The lowest BCUT2D eigenvalue weighted by molar-refractivity contribution is -0.147. The first-order chi connectivity index (χ1) is 17.4. The van der Waals surface area contributed by atoms with E-state index in [0.717, 1.165) is 39.9 Å². The normalized spacial score (nSPS) is 12.8. The molecule has 0 unspecified atom stereocenters. The number of carbonyl (C=O) groups excluding carboxylic acids is 2. The number of esters is 2. The molecule has 2 aromatic carbocycles. The van der Waals surface area contributed by atoms with E-state index in [1.165, 1.54) is 5.56 Å². The fourth-order valence-electron chi connectivity index (χ4n) is 4.15. The molecule has 1 aliphatic carbocycles. The Kier molecular flexibility index (Phi) is 6.30. The van der Waals surface area contributed by atoms with Crippen molar-refractivity contribution in [3.05, 3.63) is 59.4 Å². The lowest BCUT2D eigenvalue weighted by Gasteiger charge is -2.14. The summed E-state index contributed by atoms with van der Waals surface area (Å²) in [4.78, 5) is 24.5. The second kappa shape index (κ2) is 9.70. The summed E-state index contributed by atoms with van der Waals surface area (Å²) >= 11 is 0. The largest absolute Gasteiger partial charge is 0.461 e. The first-order valence-corrected chi connectivity index (χ1v) is 11.6. The Morgan fingerprint density at radius 3 is 2.36 bits per heavy atom. The van der Waals surface area contributed by atoms with Crippen molar-refractivity contribution < 1.29 is 19.1 Å². The van der Waals surface area contributed by atoms with Crippen molar-refractivity contribution in [1.29, 1.82) is 0 Å². The highest BCUT2D eigenvalue weighted by atomic mass is 16.6. The summed E-state index contributed by atoms with van der Waals surface area (Å²) in [6.45, 7) is 3.45. The van der Waals surface area contributed by atoms with Gasteiger partial charge in [0.1, 0.15) is 30.6 Å². The van der Waals surface area contributed by atoms with Crippen LogP contribution in [0.4, 0.5) is 0 Å². The molecule has 1 aliphatic rings. The van der Waals surface area contributed by atoms with E-state index in [4.69, 9.17) is 15.2 Å². The standard InChI is InChI=1S/C25H25N7O4/c1-13(2)21(26)24(33)35-7-8-36-25(34)23-22(29-32-30-23)15-4-6-19-17(10-15)11-16-9-14(3-5-18(16)19)20-12-27-31-28-20/h3-6,9-10,12-13,21H,7-8,11,26H2,1-2H3,(H,27,28,31)(H,29,30,32)/t21-/m0/s1. The predicted molar refractivity (Wildman–Crippen MR) is 129 cm³/mol. The number of fused-ring (bicyclic) bond motifs is 3. The number of nitrogens with zero attached hydrogens (tertiary/aromatic N) is 4. The third-order valence-electron chi connectivity index (χ3n) is 6.17. The number of rotatable bonds is 8. The molecule has 0 saturated carbocycles. The molecule has 11 heteroatoms. The van der Waals surface area contributed by atoms with Crippen LogP contribution in [0.3, 0.4) is 0 Å². The molecule has 4 N–H and O–H groups in total. The number of aromatic amines is 2. The van der Waals surface area contributed by atoms with Gasteiger partial charge in [-0.1, -0.05) is 48.5 Å². The van der Waals surface area contributed by atoms with Crippen molar-refractivity contribution >= 4 is 11.9 Å². The molecule has 0 bridgehead atoms. The summed E-state index contributed by atoms with van der Waals surface area (Å²) in [6, 6.07) is 11.5. The van der Waals surface area contributed by atoms with Crippen molar-refractivity contribution in [2.24, 2.45) is 11.7 Å². The Morgan fingerprint density at radius 2 is 1.67 bits per heavy atom. The molecule has 0 radical (unpaired) electrons. The molecule has 0 aliphatic heterocycles. The minimum absolute atomic E-state index is 0.0470. The van der Waals surface area contributed by atoms with E-state index in [9.17, 15) is 9.59 Å². The zero-order valence-electron chi connectivity index (χ0n) is 19.8. The van der Waals surface area contributed by atoms with E-state index in [2.05, 4.69) is 43.0 Å². The third-order valence-corrected chi connectivity index (χ3v) is 6.17. The molecule has 0 saturated heterocycles. The fraction of sp³-hybridized carbons (Fsp3) is 0.280. The molecule has 0 fully saturated rings. The average Bonchev–Trinajstić information content (AvgIpc) is 3.64. The summed E-state index contributed by atoms with van der Waals surface area (Å²) in [6.07, 6.45) is 2.50. The van der Waals surface area contributed by atoms with Crippen LogP contribution in [0.2, 0.25) is 0 Å². The highest BCUT2D eigenvalue weighted by Crippen LogP contribution is 2.40. The van der Waals surface area contributed by atoms with E-state index in [1.807, 2.05) is 38.1 Å². The molecule has 1 atom stereocenters. The van der Waals surface area contributed by atoms with Crippen molar-refractivity contribution in [1.82, 2.24) is 30.8 Å². The van der Waals surface area contributed by atoms with Gasteiger partial charge in [0, 0.05) is 17.3 Å². The number of benzene rings is 2. The average molecular weight is 488 g/mol. The molecular weight excluding hydrogens is 462 g/mol. The highest BCUT2D eigenvalue weighted by Gasteiger charge is 2.24. The number of H-pyrrole nitrogens is 2. The van der Waals surface area contributed by atoms with Crippen LogP contribution < -0.4 is 5.73 Å². The Balaban J connectivity index is 1.27. The van der Waals surface area contributed by atoms with Gasteiger partial charge in [0.25, 0.3) is 0 Å². The number of carbonyl (C=O) groups is 2. The lowest BCUT2D eigenvalue weighted by atomic mass is 10.0. The van der Waals surface area contributed by atoms with Crippen LogP contribution in [-0.4, -0.2) is 62.0 Å². The summed E-state index contributed by atoms with van der Waals surface area (Å²) in [5, 5.41) is 21.1. The maximum atomic E-state index is 12.6. The minimum Gasteiger partial charge on any atom is -0.461 e. The smallest absolute Gasteiger partial charge is 0.358 e. The molecule has 11 nitrogen and oxygen atoms in total. The van der Waals surface area contributed by atoms with Crippen LogP contribution in [0.1, 0.15) is 35.5 Å². The first-order valence-electron chi connectivity index (χ1n) is 11.6. The van der Waals surface area contributed by atoms with Gasteiger partial charge in [-0.05, 0) is 46.7 Å². The van der Waals surface area contributed by atoms with Crippen molar-refractivity contribution in [3.8, 4) is 33.6 Å². The topological polar surface area (TPSA) is 162 Å². The van der Waals surface area contributed by atoms with Gasteiger partial charge in [-0.2, -0.15) is 0 Å². The lowest BCUT2D eigenvalue weighted by Crippen LogP contribution is -2.37. The van der Waals surface area contributed by atoms with Gasteiger partial charge in [0.15, 0.2) is 5.69 Å². The van der Waals surface area contributed by atoms with E-state index >= 15 is 0 Å². The van der Waals surface area contributed by atoms with Gasteiger partial charge in [0.2, 0.25) is 0 Å². The molecule has 0 amide bonds. The summed E-state index contributed by atoms with van der Waals surface area (Å²) < 4.78 is 10.3. The predicted octanol–water partition coefficient (Wildman–Crippen LogP) is 2.51. The van der Waals surface area contributed by atoms with E-state index in [1.54, 1.807) is 6.20 Å². The second-order valence-corrected chi connectivity index (χ2v) is 8.89. The number of hydrogen-bond donors (Lipinski definition) is 3. The number of aromatic nitrogens is 6. The number of ether oxygens (including phenoxy) is 2. The van der Waals surface area contributed by atoms with E-state index < -0.39 is 18.0 Å². The maximum absolute atomic E-state index is 12.6. The van der Waals surface area contributed by atoms with Gasteiger partial charge in [-0.25, -0.2) is 4.79 Å². The highest BCUT2D eigenvalue weighted by molar-refractivity contribution is 5.94. The summed E-state index contributed by atoms with van der Waals surface area (Å²) in [5.41, 5.74) is 13.4. The van der Waals surface area contributed by atoms with Gasteiger partial charge >= 0.3 is 11.9 Å². The van der Waals surface area contributed by atoms with Crippen LogP contribution in [0.5, 0.6) is 0 Å². The van der Waals surface area contributed by atoms with Gasteiger partial charge < -0.3 is 15.2 Å². The summed E-state index contributed by atoms with van der Waals surface area (Å²) in [5.74, 6) is -1.22. The molecule has 184 valence electrons. The zero-order valence-corrected chi connectivity index (χ0v) is 19.8. The Morgan fingerprint density at radius 1 is 0.972 bits per heavy atom. The molecule has 0 spiro atoms. The van der Waals surface area contributed by atoms with Crippen molar-refractivity contribution in [2.75, 3.05) is 13.2 Å². The molecule has 2 heterocycles. The maximum Gasteiger partial charge on any atom is 0.358 e. The molecule has 5 rings (SSSR count). The Bertz CT molecular complexity index is 1410. The number of nitrogens with one attached hydrogen (secondary N) is 2. The molecule has 4 aromatic rings. The number of nitrogens with two attached hydrogens (primary N) is 1. The van der Waals surface area contributed by atoms with Crippen LogP contribution in [-0.2, 0) is 20.7 Å². The van der Waals surface area contributed by atoms with Crippen LogP contribution in [0, 0.1) is 5.92 Å². The zero-order chi connectivity index (χ0) is 25.2. The van der Waals surface area contributed by atoms with E-state index in [0.29, 0.717) is 5.69 Å². The molecule has 2 aromatic heterocycles. The van der Waals surface area contributed by atoms with Gasteiger partial charge in [-0.3, -0.25) is 15.0 Å². The van der Waals surface area contributed by atoms with Crippen molar-refractivity contribution in [2.45, 2.75) is 26.3 Å². The Hall–Kier alpha value is -4.38. The Labute approximate surface area is 206 Å².